The molecular weight excluding hydrogens is 664 g/mol. The number of thiazole rings is 1. The SMILES string of the molecule is Cc1cccc(NC(=O)COc2ccc([C@H]3c4sc(=O)[nH]c4SC4C3[C@H]3C[C@@H]4C4C(=O)N(c5ccccc5C(F)(F)F)C(=O)C43)cc2)c1. The van der Waals surface area contributed by atoms with Crippen LogP contribution in [0.2, 0.25) is 0 Å². The maximum Gasteiger partial charge on any atom is 0.418 e. The van der Waals surface area contributed by atoms with Crippen molar-refractivity contribution >= 4 is 52.2 Å². The van der Waals surface area contributed by atoms with Crippen LogP contribution in [-0.2, 0) is 20.6 Å². The van der Waals surface area contributed by atoms with Gasteiger partial charge in [-0.1, -0.05) is 47.7 Å². The maximum atomic E-state index is 14.0. The Bertz CT molecular complexity index is 2030. The minimum atomic E-state index is -4.73. The number of nitrogens with one attached hydrogen (secondary N) is 2. The highest BCUT2D eigenvalue weighted by atomic mass is 32.2. The van der Waals surface area contributed by atoms with Crippen molar-refractivity contribution in [2.24, 2.45) is 29.6 Å². The van der Waals surface area contributed by atoms with Crippen LogP contribution in [0.5, 0.6) is 5.75 Å². The van der Waals surface area contributed by atoms with Crippen LogP contribution >= 0.6 is 23.1 Å². The highest BCUT2D eigenvalue weighted by Gasteiger charge is 2.70. The van der Waals surface area contributed by atoms with Crippen LogP contribution in [0.4, 0.5) is 24.5 Å². The number of aromatic nitrogens is 1. The minimum absolute atomic E-state index is 0.116. The van der Waals surface area contributed by atoms with E-state index in [-0.39, 0.29) is 46.3 Å². The molecule has 13 heteroatoms. The minimum Gasteiger partial charge on any atom is -0.484 e. The first-order valence-electron chi connectivity index (χ1n) is 15.5. The van der Waals surface area contributed by atoms with Crippen LogP contribution in [0, 0.1) is 36.5 Å². The van der Waals surface area contributed by atoms with E-state index in [1.807, 2.05) is 37.3 Å². The summed E-state index contributed by atoms with van der Waals surface area (Å²) in [4.78, 5) is 57.2. The molecule has 2 N–H and O–H groups in total. The molecule has 0 radical (unpaired) electrons. The smallest absolute Gasteiger partial charge is 0.418 e. The largest absolute Gasteiger partial charge is 0.484 e. The second kappa shape index (κ2) is 11.4. The predicted molar refractivity (Wildman–Crippen MR) is 174 cm³/mol. The molecule has 1 aromatic heterocycles. The number of carbonyl (C=O) groups is 3. The number of ether oxygens (including phenoxy) is 1. The van der Waals surface area contributed by atoms with E-state index < -0.39 is 41.1 Å². The van der Waals surface area contributed by atoms with Gasteiger partial charge in [-0.15, -0.1) is 11.8 Å². The number of hydrogen-bond acceptors (Lipinski definition) is 7. The molecule has 2 aliphatic carbocycles. The summed E-state index contributed by atoms with van der Waals surface area (Å²) in [5, 5.41) is 3.42. The number of imide groups is 1. The molecule has 7 atom stereocenters. The van der Waals surface area contributed by atoms with Crippen molar-refractivity contribution in [1.82, 2.24) is 4.98 Å². The molecule has 4 aliphatic rings. The Morgan fingerprint density at radius 1 is 0.979 bits per heavy atom. The van der Waals surface area contributed by atoms with Gasteiger partial charge in [-0.3, -0.25) is 19.2 Å². The lowest BCUT2D eigenvalue weighted by Crippen LogP contribution is -2.42. The highest BCUT2D eigenvalue weighted by molar-refractivity contribution is 8.00. The fraction of sp³-hybridized carbons (Fsp3) is 0.314. The number of halogens is 3. The molecule has 8 rings (SSSR count). The Morgan fingerprint density at radius 2 is 1.71 bits per heavy atom. The molecule has 4 aromatic rings. The van der Waals surface area contributed by atoms with Gasteiger partial charge in [-0.05, 0) is 78.6 Å². The summed E-state index contributed by atoms with van der Waals surface area (Å²) < 4.78 is 47.6. The second-order valence-electron chi connectivity index (χ2n) is 12.8. The average Bonchev–Trinajstić information content (AvgIpc) is 3.78. The van der Waals surface area contributed by atoms with Crippen LogP contribution in [0.3, 0.4) is 0 Å². The number of benzene rings is 3. The van der Waals surface area contributed by atoms with Gasteiger partial charge in [-0.25, -0.2) is 4.90 Å². The Hall–Kier alpha value is -4.36. The van der Waals surface area contributed by atoms with Crippen molar-refractivity contribution in [1.29, 1.82) is 0 Å². The average molecular weight is 692 g/mol. The molecule has 2 aliphatic heterocycles. The summed E-state index contributed by atoms with van der Waals surface area (Å²) in [7, 11) is 0. The first-order valence-corrected chi connectivity index (χ1v) is 17.2. The zero-order valence-electron chi connectivity index (χ0n) is 25.3. The molecule has 3 heterocycles. The van der Waals surface area contributed by atoms with E-state index in [1.165, 1.54) is 30.0 Å². The molecule has 8 nitrogen and oxygen atoms in total. The molecule has 0 spiro atoms. The third kappa shape index (κ3) is 4.97. The normalized spacial score (nSPS) is 27.1. The summed E-state index contributed by atoms with van der Waals surface area (Å²) >= 11 is 2.62. The number of fused-ring (bicyclic) bond motifs is 9. The molecule has 1 saturated heterocycles. The Morgan fingerprint density at radius 3 is 2.44 bits per heavy atom. The summed E-state index contributed by atoms with van der Waals surface area (Å²) in [6.45, 7) is 1.74. The number of alkyl halides is 3. The van der Waals surface area contributed by atoms with Gasteiger partial charge in [0, 0.05) is 21.7 Å². The maximum absolute atomic E-state index is 14.0. The molecule has 2 saturated carbocycles. The van der Waals surface area contributed by atoms with E-state index in [1.54, 1.807) is 18.2 Å². The van der Waals surface area contributed by atoms with Crippen LogP contribution in [0.15, 0.2) is 82.6 Å². The van der Waals surface area contributed by atoms with Crippen LogP contribution < -0.4 is 19.8 Å². The van der Waals surface area contributed by atoms with E-state index in [9.17, 15) is 32.3 Å². The van der Waals surface area contributed by atoms with Gasteiger partial charge in [0.25, 0.3) is 5.91 Å². The van der Waals surface area contributed by atoms with Crippen molar-refractivity contribution in [3.05, 3.63) is 104 Å². The van der Waals surface area contributed by atoms with Crippen LogP contribution in [0.1, 0.15) is 33.9 Å². The van der Waals surface area contributed by atoms with Gasteiger partial charge in [-0.2, -0.15) is 13.2 Å². The predicted octanol–water partition coefficient (Wildman–Crippen LogP) is 6.46. The molecule has 3 amide bonds. The number of thioether (sulfide) groups is 1. The number of nitrogens with zero attached hydrogens (tertiary/aromatic N) is 1. The van der Waals surface area contributed by atoms with E-state index in [2.05, 4.69) is 10.3 Å². The molecule has 3 fully saturated rings. The number of rotatable bonds is 6. The number of aromatic amines is 1. The first kappa shape index (κ1) is 30.9. The molecule has 4 unspecified atom stereocenters. The van der Waals surface area contributed by atoms with Gasteiger partial charge in [0.05, 0.1) is 28.1 Å². The number of carbonyl (C=O) groups excluding carboxylic acids is 3. The van der Waals surface area contributed by atoms with Crippen LogP contribution in [0.25, 0.3) is 0 Å². The topological polar surface area (TPSA) is 109 Å². The van der Waals surface area contributed by atoms with Crippen LogP contribution in [-0.4, -0.2) is 34.6 Å². The van der Waals surface area contributed by atoms with Crippen molar-refractivity contribution < 1.29 is 32.3 Å². The standard InChI is InChI=1S/C35H28F3N3O5S2/c1-16-5-4-6-18(13-16)39-24(42)15-46-19-11-9-17(10-12-19)25-26-20-14-21(29(26)47-31-30(25)48-34(45)40-31)28-27(20)32(43)41(33(28)44)23-8-3-2-7-22(23)35(36,37)38/h2-13,20-21,25-29H,14-15H2,1H3,(H,39,42)(H,40,45)/t20-,21-,25-,26?,27?,28?,29?/m1/s1. The van der Waals surface area contributed by atoms with Gasteiger partial charge in [0.1, 0.15) is 5.75 Å². The van der Waals surface area contributed by atoms with Crippen molar-refractivity contribution in [2.45, 2.75) is 35.7 Å². The monoisotopic (exact) mass is 691 g/mol. The number of anilines is 2. The number of para-hydroxylation sites is 1. The molecule has 3 aromatic carbocycles. The first-order chi connectivity index (χ1) is 23.0. The third-order valence-corrected chi connectivity index (χ3v) is 12.7. The highest BCUT2D eigenvalue weighted by Crippen LogP contribution is 2.68. The summed E-state index contributed by atoms with van der Waals surface area (Å²) in [6.07, 6.45) is -4.12. The molecule has 48 heavy (non-hydrogen) atoms. The van der Waals surface area contributed by atoms with Gasteiger partial charge in [0.15, 0.2) is 6.61 Å². The summed E-state index contributed by atoms with van der Waals surface area (Å²) in [5.74, 6) is -3.34. The third-order valence-electron chi connectivity index (χ3n) is 10.1. The quantitative estimate of drug-likeness (QED) is 0.225. The number of H-pyrrole nitrogens is 1. The zero-order valence-corrected chi connectivity index (χ0v) is 27.0. The number of amides is 3. The lowest BCUT2D eigenvalue weighted by molar-refractivity contribution is -0.137. The van der Waals surface area contributed by atoms with Gasteiger partial charge >= 0.3 is 11.0 Å². The second-order valence-corrected chi connectivity index (χ2v) is 15.0. The van der Waals surface area contributed by atoms with Gasteiger partial charge in [0.2, 0.25) is 11.8 Å². The van der Waals surface area contributed by atoms with E-state index >= 15 is 0 Å². The lowest BCUT2D eigenvalue weighted by atomic mass is 9.68. The van der Waals surface area contributed by atoms with E-state index in [4.69, 9.17) is 4.74 Å². The number of hydrogen-bond donors (Lipinski definition) is 2. The molecule has 246 valence electrons. The molecular formula is C35H28F3N3O5S2. The van der Waals surface area contributed by atoms with Crippen molar-refractivity contribution in [2.75, 3.05) is 16.8 Å². The Labute approximate surface area is 280 Å². The fourth-order valence-corrected chi connectivity index (χ4v) is 11.3. The lowest BCUT2D eigenvalue weighted by Gasteiger charge is -2.43. The van der Waals surface area contributed by atoms with Crippen molar-refractivity contribution in [3.8, 4) is 5.75 Å². The Balaban J connectivity index is 1.07. The zero-order chi connectivity index (χ0) is 33.5. The summed E-state index contributed by atoms with van der Waals surface area (Å²) in [6, 6.07) is 19.5. The molecule has 2 bridgehead atoms. The number of aryl methyl sites for hydroxylation is 1. The summed E-state index contributed by atoms with van der Waals surface area (Å²) in [5.41, 5.74) is 1.14. The van der Waals surface area contributed by atoms with E-state index in [0.29, 0.717) is 17.9 Å². The van der Waals surface area contributed by atoms with Gasteiger partial charge < -0.3 is 15.0 Å². The van der Waals surface area contributed by atoms with Crippen molar-refractivity contribution in [3.63, 3.8) is 0 Å². The Kier molecular flexibility index (Phi) is 7.33. The fourth-order valence-electron chi connectivity index (χ4n) is 8.38. The van der Waals surface area contributed by atoms with E-state index in [0.717, 1.165) is 43.3 Å².